The van der Waals surface area contributed by atoms with Gasteiger partial charge in [0.2, 0.25) is 0 Å². The Morgan fingerprint density at radius 3 is 2.63 bits per heavy atom. The Labute approximate surface area is 109 Å². The number of alkyl halides is 1. The van der Waals surface area contributed by atoms with Crippen LogP contribution < -0.4 is 5.32 Å². The number of rotatable bonds is 1. The maximum absolute atomic E-state index is 15.2. The van der Waals surface area contributed by atoms with Crippen LogP contribution in [0.1, 0.15) is 31.4 Å². The van der Waals surface area contributed by atoms with E-state index < -0.39 is 5.67 Å². The first-order valence-electron chi connectivity index (χ1n) is 6.77. The van der Waals surface area contributed by atoms with E-state index in [0.717, 1.165) is 12.8 Å². The van der Waals surface area contributed by atoms with Crippen LogP contribution in [0, 0.1) is 5.82 Å². The molecule has 3 heterocycles. The number of hydrogen-bond acceptors (Lipinski definition) is 2. The van der Waals surface area contributed by atoms with E-state index in [9.17, 15) is 4.39 Å². The summed E-state index contributed by atoms with van der Waals surface area (Å²) in [5, 5.41) is 4.05. The maximum atomic E-state index is 15.2. The second-order valence-electron chi connectivity index (χ2n) is 5.80. The zero-order valence-corrected chi connectivity index (χ0v) is 10.5. The molecule has 2 fully saturated rings. The van der Waals surface area contributed by atoms with E-state index in [2.05, 4.69) is 5.32 Å². The van der Waals surface area contributed by atoms with E-state index in [1.807, 2.05) is 0 Å². The summed E-state index contributed by atoms with van der Waals surface area (Å²) >= 11 is 0. The number of fused-ring (bicyclic) bond motifs is 3. The van der Waals surface area contributed by atoms with E-state index in [1.54, 1.807) is 12.1 Å². The molecule has 4 heteroatoms. The molecule has 2 atom stereocenters. The molecule has 2 unspecified atom stereocenters. The van der Waals surface area contributed by atoms with E-state index >= 15 is 4.39 Å². The standard InChI is InChI=1S/C15H15F2NO/c16-10-1-4-13-9(5-10)6-14(19-13)15(17)7-11-2-3-12(8-15)18-11/h1,4-6,11-12,18H,2-3,7-8H2. The fraction of sp³-hybridized carbons (Fsp3) is 0.467. The van der Waals surface area contributed by atoms with Gasteiger partial charge in [-0.1, -0.05) is 0 Å². The number of piperidine rings is 1. The Morgan fingerprint density at radius 2 is 1.89 bits per heavy atom. The van der Waals surface area contributed by atoms with Gasteiger partial charge in [0.1, 0.15) is 17.2 Å². The molecule has 2 nitrogen and oxygen atoms in total. The third-order valence-corrected chi connectivity index (χ3v) is 4.39. The van der Waals surface area contributed by atoms with E-state index in [1.165, 1.54) is 12.1 Å². The highest BCUT2D eigenvalue weighted by atomic mass is 19.1. The molecular weight excluding hydrogens is 248 g/mol. The highest BCUT2D eigenvalue weighted by molar-refractivity contribution is 5.78. The summed E-state index contributed by atoms with van der Waals surface area (Å²) < 4.78 is 33.9. The van der Waals surface area contributed by atoms with Gasteiger partial charge in [-0.2, -0.15) is 0 Å². The molecule has 2 aromatic rings. The lowest BCUT2D eigenvalue weighted by Crippen LogP contribution is -2.44. The second kappa shape index (κ2) is 3.79. The first kappa shape index (κ1) is 11.4. The minimum absolute atomic E-state index is 0.244. The summed E-state index contributed by atoms with van der Waals surface area (Å²) in [6, 6.07) is 6.44. The number of furan rings is 1. The van der Waals surface area contributed by atoms with Gasteiger partial charge in [-0.3, -0.25) is 0 Å². The summed E-state index contributed by atoms with van der Waals surface area (Å²) in [5.41, 5.74) is -0.855. The van der Waals surface area contributed by atoms with Crippen molar-refractivity contribution in [1.29, 1.82) is 0 Å². The topological polar surface area (TPSA) is 25.2 Å². The fourth-order valence-corrected chi connectivity index (χ4v) is 3.52. The molecule has 2 aliphatic rings. The van der Waals surface area contributed by atoms with Crippen molar-refractivity contribution in [3.05, 3.63) is 35.8 Å². The lowest BCUT2D eigenvalue weighted by atomic mass is 9.87. The summed E-state index contributed by atoms with van der Waals surface area (Å²) in [6.45, 7) is 0. The number of benzene rings is 1. The van der Waals surface area contributed by atoms with Gasteiger partial charge in [-0.05, 0) is 37.1 Å². The Balaban J connectivity index is 1.76. The molecule has 1 aromatic carbocycles. The van der Waals surface area contributed by atoms with Gasteiger partial charge in [0.15, 0.2) is 5.67 Å². The molecule has 0 spiro atoms. The van der Waals surface area contributed by atoms with Crippen LogP contribution in [0.15, 0.2) is 28.7 Å². The third kappa shape index (κ3) is 1.77. The van der Waals surface area contributed by atoms with Crippen molar-refractivity contribution in [2.75, 3.05) is 0 Å². The molecule has 4 rings (SSSR count). The molecule has 0 radical (unpaired) electrons. The largest absolute Gasteiger partial charge is 0.458 e. The zero-order valence-electron chi connectivity index (χ0n) is 10.5. The zero-order chi connectivity index (χ0) is 13.0. The number of nitrogens with one attached hydrogen (secondary N) is 1. The number of hydrogen-bond donors (Lipinski definition) is 1. The van der Waals surface area contributed by atoms with E-state index in [-0.39, 0.29) is 17.9 Å². The van der Waals surface area contributed by atoms with Crippen molar-refractivity contribution >= 4 is 11.0 Å². The summed E-state index contributed by atoms with van der Waals surface area (Å²) in [5.74, 6) is 0.0321. The summed E-state index contributed by atoms with van der Waals surface area (Å²) in [7, 11) is 0. The average Bonchev–Trinajstić information content (AvgIpc) is 2.93. The van der Waals surface area contributed by atoms with Crippen molar-refractivity contribution < 1.29 is 13.2 Å². The Hall–Kier alpha value is -1.42. The van der Waals surface area contributed by atoms with Gasteiger partial charge < -0.3 is 9.73 Å². The minimum Gasteiger partial charge on any atom is -0.458 e. The lowest BCUT2D eigenvalue weighted by Gasteiger charge is -2.33. The molecular formula is C15H15F2NO. The van der Waals surface area contributed by atoms with Gasteiger partial charge in [0, 0.05) is 30.3 Å². The smallest absolute Gasteiger partial charge is 0.171 e. The fourth-order valence-electron chi connectivity index (χ4n) is 3.52. The lowest BCUT2D eigenvalue weighted by molar-refractivity contribution is 0.0645. The first-order valence-corrected chi connectivity index (χ1v) is 6.77. The van der Waals surface area contributed by atoms with Crippen molar-refractivity contribution in [1.82, 2.24) is 5.32 Å². The Kier molecular flexibility index (Phi) is 2.28. The van der Waals surface area contributed by atoms with Crippen LogP contribution in [0.4, 0.5) is 8.78 Å². The molecule has 2 bridgehead atoms. The summed E-state index contributed by atoms with van der Waals surface area (Å²) in [4.78, 5) is 0. The quantitative estimate of drug-likeness (QED) is 0.849. The van der Waals surface area contributed by atoms with Crippen molar-refractivity contribution in [3.63, 3.8) is 0 Å². The maximum Gasteiger partial charge on any atom is 0.171 e. The molecule has 1 aromatic heterocycles. The van der Waals surface area contributed by atoms with Gasteiger partial charge in [-0.25, -0.2) is 8.78 Å². The normalized spacial score (nSPS) is 34.0. The SMILES string of the molecule is Fc1ccc2oc(C3(F)CC4CCC(C3)N4)cc2c1. The molecule has 2 aliphatic heterocycles. The van der Waals surface area contributed by atoms with Crippen LogP contribution in [0.25, 0.3) is 11.0 Å². The van der Waals surface area contributed by atoms with Gasteiger partial charge >= 0.3 is 0 Å². The Bertz CT molecular complexity index is 624. The van der Waals surface area contributed by atoms with Gasteiger partial charge in [-0.15, -0.1) is 0 Å². The average molecular weight is 263 g/mol. The van der Waals surface area contributed by atoms with Gasteiger partial charge in [0.25, 0.3) is 0 Å². The highest BCUT2D eigenvalue weighted by Gasteiger charge is 2.47. The van der Waals surface area contributed by atoms with Crippen LogP contribution in [-0.2, 0) is 5.67 Å². The first-order chi connectivity index (χ1) is 9.12. The molecule has 0 aliphatic carbocycles. The van der Waals surface area contributed by atoms with Crippen LogP contribution in [0.5, 0.6) is 0 Å². The predicted molar refractivity (Wildman–Crippen MR) is 68.1 cm³/mol. The second-order valence-corrected chi connectivity index (χ2v) is 5.80. The van der Waals surface area contributed by atoms with Crippen LogP contribution >= 0.6 is 0 Å². The highest BCUT2D eigenvalue weighted by Crippen LogP contribution is 2.45. The number of halogens is 2. The molecule has 1 N–H and O–H groups in total. The van der Waals surface area contributed by atoms with Crippen molar-refractivity contribution in [2.45, 2.75) is 43.4 Å². The molecule has 100 valence electrons. The van der Waals surface area contributed by atoms with Crippen LogP contribution in [-0.4, -0.2) is 12.1 Å². The van der Waals surface area contributed by atoms with E-state index in [4.69, 9.17) is 4.42 Å². The molecule has 0 saturated carbocycles. The Morgan fingerprint density at radius 1 is 1.16 bits per heavy atom. The van der Waals surface area contributed by atoms with Crippen LogP contribution in [0.2, 0.25) is 0 Å². The van der Waals surface area contributed by atoms with Crippen molar-refractivity contribution in [3.8, 4) is 0 Å². The monoisotopic (exact) mass is 263 g/mol. The molecule has 0 amide bonds. The van der Waals surface area contributed by atoms with Crippen LogP contribution in [0.3, 0.4) is 0 Å². The summed E-state index contributed by atoms with van der Waals surface area (Å²) in [6.07, 6.45) is 2.97. The molecule has 2 saturated heterocycles. The van der Waals surface area contributed by atoms with Crippen molar-refractivity contribution in [2.24, 2.45) is 0 Å². The molecule has 19 heavy (non-hydrogen) atoms. The predicted octanol–water partition coefficient (Wildman–Crippen LogP) is 3.65. The minimum atomic E-state index is -1.41. The third-order valence-electron chi connectivity index (χ3n) is 4.39. The van der Waals surface area contributed by atoms with E-state index in [0.29, 0.717) is 29.6 Å². The van der Waals surface area contributed by atoms with Gasteiger partial charge in [0.05, 0.1) is 0 Å².